The van der Waals surface area contributed by atoms with Crippen LogP contribution in [0.15, 0.2) is 30.3 Å². The van der Waals surface area contributed by atoms with Crippen LogP contribution in [0.25, 0.3) is 0 Å². The molecule has 2 aliphatic carbocycles. The summed E-state index contributed by atoms with van der Waals surface area (Å²) in [5, 5.41) is 0. The van der Waals surface area contributed by atoms with Crippen LogP contribution in [0.2, 0.25) is 0 Å². The number of hydrogen-bond donors (Lipinski definition) is 3. The van der Waals surface area contributed by atoms with E-state index >= 15 is 0 Å². The largest absolute Gasteiger partial charge is 0.377 e. The summed E-state index contributed by atoms with van der Waals surface area (Å²) in [5.41, 5.74) is 19.1. The lowest BCUT2D eigenvalue weighted by atomic mass is 9.69. The van der Waals surface area contributed by atoms with Gasteiger partial charge < -0.3 is 36.3 Å². The predicted octanol–water partition coefficient (Wildman–Crippen LogP) is 7.01. The molecule has 0 aliphatic heterocycles. The van der Waals surface area contributed by atoms with Gasteiger partial charge in [0.25, 0.3) is 0 Å². The lowest BCUT2D eigenvalue weighted by Crippen LogP contribution is -2.40. The van der Waals surface area contributed by atoms with Gasteiger partial charge in [0.05, 0.1) is 38.1 Å². The van der Waals surface area contributed by atoms with Crippen molar-refractivity contribution in [2.24, 2.45) is 52.7 Å². The van der Waals surface area contributed by atoms with Gasteiger partial charge in [0.1, 0.15) is 0 Å². The van der Waals surface area contributed by atoms with Crippen molar-refractivity contribution < 1.29 is 14.2 Å². The number of nitrogens with zero attached hydrogens (tertiary/aromatic N) is 1. The molecule has 2 fully saturated rings. The van der Waals surface area contributed by atoms with Gasteiger partial charge >= 0.3 is 0 Å². The van der Waals surface area contributed by atoms with Gasteiger partial charge in [0.2, 0.25) is 0 Å². The molecule has 0 amide bonds. The standard InChI is InChI=1S/C40H74N4O3/c1-5-34(29-37(6-2)45-23-19-41)40(39(47-25-21-43)27-33-15-10-16-38(26-33)46-24-20-42)36-18-17-35(28-36)31(3)12-11-22-44(4)30-32-13-8-7-9-14-32/h7-9,13-14,31,33-40H,5-6,10-12,15-30,41-43H2,1-4H3/t31-,33?,34?,35?,36-,37-,38+,39-,40?/m1/s1. The molecule has 4 unspecified atom stereocenters. The van der Waals surface area contributed by atoms with Crippen molar-refractivity contribution in [2.45, 2.75) is 129 Å². The van der Waals surface area contributed by atoms with Gasteiger partial charge in [0, 0.05) is 26.2 Å². The topological polar surface area (TPSA) is 109 Å². The zero-order valence-electron chi connectivity index (χ0n) is 30.8. The minimum atomic E-state index is 0.236. The Morgan fingerprint density at radius 3 is 2.28 bits per heavy atom. The van der Waals surface area contributed by atoms with E-state index in [0.717, 1.165) is 63.5 Å². The van der Waals surface area contributed by atoms with E-state index in [1.165, 1.54) is 50.5 Å². The van der Waals surface area contributed by atoms with Crippen LogP contribution in [0.1, 0.15) is 110 Å². The molecule has 272 valence electrons. The molecule has 0 saturated heterocycles. The second-order valence-corrected chi connectivity index (χ2v) is 15.1. The quantitative estimate of drug-likeness (QED) is 0.104. The van der Waals surface area contributed by atoms with Crippen LogP contribution in [0, 0.1) is 35.5 Å². The zero-order valence-corrected chi connectivity index (χ0v) is 30.8. The van der Waals surface area contributed by atoms with Crippen molar-refractivity contribution in [1.82, 2.24) is 4.90 Å². The summed E-state index contributed by atoms with van der Waals surface area (Å²) in [4.78, 5) is 2.48. The first-order valence-electron chi connectivity index (χ1n) is 19.6. The second-order valence-electron chi connectivity index (χ2n) is 15.1. The van der Waals surface area contributed by atoms with Gasteiger partial charge in [-0.05, 0) is 119 Å². The van der Waals surface area contributed by atoms with Crippen molar-refractivity contribution in [2.75, 3.05) is 53.0 Å². The van der Waals surface area contributed by atoms with Gasteiger partial charge in [-0.3, -0.25) is 0 Å². The Morgan fingerprint density at radius 2 is 1.57 bits per heavy atom. The van der Waals surface area contributed by atoms with Crippen molar-refractivity contribution >= 4 is 0 Å². The number of ether oxygens (including phenoxy) is 3. The molecule has 0 heterocycles. The van der Waals surface area contributed by atoms with Crippen molar-refractivity contribution in [3.8, 4) is 0 Å². The monoisotopic (exact) mass is 659 g/mol. The van der Waals surface area contributed by atoms with E-state index in [1.807, 2.05) is 0 Å². The van der Waals surface area contributed by atoms with E-state index < -0.39 is 0 Å². The summed E-state index contributed by atoms with van der Waals surface area (Å²) >= 11 is 0. The highest BCUT2D eigenvalue weighted by atomic mass is 16.5. The van der Waals surface area contributed by atoms with Crippen LogP contribution in [-0.2, 0) is 20.8 Å². The highest BCUT2D eigenvalue weighted by molar-refractivity contribution is 5.14. The van der Waals surface area contributed by atoms with Crippen LogP contribution in [-0.4, -0.2) is 76.3 Å². The number of rotatable bonds is 25. The summed E-state index contributed by atoms with van der Waals surface area (Å²) < 4.78 is 19.3. The van der Waals surface area contributed by atoms with E-state index in [-0.39, 0.29) is 12.2 Å². The Hall–Kier alpha value is -1.06. The fourth-order valence-corrected chi connectivity index (χ4v) is 9.05. The Morgan fingerprint density at radius 1 is 0.851 bits per heavy atom. The minimum Gasteiger partial charge on any atom is -0.377 e. The SMILES string of the molecule is CCC(C[C@@H](CC)OCCN)C([C@@H]1CCC([C@H](C)CCCN(C)Cc2ccccc2)C1)[C@@H](CC1CCC[C@H](OCCN)C1)OCCN. The smallest absolute Gasteiger partial charge is 0.0611 e. The Balaban J connectivity index is 1.70. The molecule has 2 saturated carbocycles. The van der Waals surface area contributed by atoms with Crippen LogP contribution in [0.5, 0.6) is 0 Å². The third-order valence-corrected chi connectivity index (χ3v) is 11.6. The first-order chi connectivity index (χ1) is 22.9. The summed E-state index contributed by atoms with van der Waals surface area (Å²) in [6.07, 6.45) is 16.6. The van der Waals surface area contributed by atoms with E-state index in [0.29, 0.717) is 69.2 Å². The molecule has 0 radical (unpaired) electrons. The van der Waals surface area contributed by atoms with Gasteiger partial charge in [-0.25, -0.2) is 0 Å². The van der Waals surface area contributed by atoms with Crippen LogP contribution in [0.3, 0.4) is 0 Å². The Kier molecular flexibility index (Phi) is 20.1. The fourth-order valence-electron chi connectivity index (χ4n) is 9.05. The Labute approximate surface area is 289 Å². The lowest BCUT2D eigenvalue weighted by Gasteiger charge is -2.41. The zero-order chi connectivity index (χ0) is 33.9. The summed E-state index contributed by atoms with van der Waals surface area (Å²) in [7, 11) is 2.26. The fraction of sp³-hybridized carbons (Fsp3) is 0.850. The Bertz CT molecular complexity index is 907. The van der Waals surface area contributed by atoms with Crippen LogP contribution in [0.4, 0.5) is 0 Å². The first kappa shape index (κ1) is 40.4. The number of nitrogens with two attached hydrogens (primary N) is 3. The molecule has 0 spiro atoms. The van der Waals surface area contributed by atoms with E-state index in [2.05, 4.69) is 63.1 Å². The van der Waals surface area contributed by atoms with E-state index in [4.69, 9.17) is 31.4 Å². The second kappa shape index (κ2) is 23.4. The molecule has 0 bridgehead atoms. The van der Waals surface area contributed by atoms with E-state index in [9.17, 15) is 0 Å². The van der Waals surface area contributed by atoms with Gasteiger partial charge in [-0.1, -0.05) is 70.4 Å². The van der Waals surface area contributed by atoms with Crippen molar-refractivity contribution in [3.05, 3.63) is 35.9 Å². The van der Waals surface area contributed by atoms with Crippen molar-refractivity contribution in [3.63, 3.8) is 0 Å². The normalized spacial score (nSPS) is 25.1. The average molecular weight is 659 g/mol. The molecule has 1 aromatic carbocycles. The maximum atomic E-state index is 6.85. The summed E-state index contributed by atoms with van der Waals surface area (Å²) in [6, 6.07) is 10.9. The molecule has 7 nitrogen and oxygen atoms in total. The molecule has 47 heavy (non-hydrogen) atoms. The van der Waals surface area contributed by atoms with Gasteiger partial charge in [0.15, 0.2) is 0 Å². The van der Waals surface area contributed by atoms with Crippen molar-refractivity contribution in [1.29, 1.82) is 0 Å². The molecule has 0 aromatic heterocycles. The highest BCUT2D eigenvalue weighted by Crippen LogP contribution is 2.48. The molecular formula is C40H74N4O3. The number of benzene rings is 1. The first-order valence-corrected chi connectivity index (χ1v) is 19.6. The minimum absolute atomic E-state index is 0.236. The number of hydrogen-bond acceptors (Lipinski definition) is 7. The molecule has 9 atom stereocenters. The third-order valence-electron chi connectivity index (χ3n) is 11.6. The molecule has 6 N–H and O–H groups in total. The maximum Gasteiger partial charge on any atom is 0.0611 e. The predicted molar refractivity (Wildman–Crippen MR) is 197 cm³/mol. The molecule has 1 aromatic rings. The lowest BCUT2D eigenvalue weighted by molar-refractivity contribution is -0.0637. The van der Waals surface area contributed by atoms with Gasteiger partial charge in [-0.15, -0.1) is 0 Å². The molecule has 7 heteroatoms. The molecule has 3 rings (SSSR count). The van der Waals surface area contributed by atoms with Gasteiger partial charge in [-0.2, -0.15) is 0 Å². The highest BCUT2D eigenvalue weighted by Gasteiger charge is 2.42. The average Bonchev–Trinajstić information content (AvgIpc) is 3.58. The summed E-state index contributed by atoms with van der Waals surface area (Å²) in [5.74, 6) is 3.98. The molecular weight excluding hydrogens is 584 g/mol. The van der Waals surface area contributed by atoms with E-state index in [1.54, 1.807) is 0 Å². The van der Waals surface area contributed by atoms with Crippen LogP contribution < -0.4 is 17.2 Å². The molecule has 2 aliphatic rings. The van der Waals surface area contributed by atoms with Crippen LogP contribution >= 0.6 is 0 Å². The third kappa shape index (κ3) is 14.4. The summed E-state index contributed by atoms with van der Waals surface area (Å²) in [6.45, 7) is 13.1. The maximum absolute atomic E-state index is 6.85.